The highest BCUT2D eigenvalue weighted by Crippen LogP contribution is 2.23. The SMILES string of the molecule is CC(N)CCNC(=O)c1ccc(S(=O)(=O)N2CCC(C)CC2)cc1. The first kappa shape index (κ1) is 18.9. The Bertz CT molecular complexity index is 648. The summed E-state index contributed by atoms with van der Waals surface area (Å²) in [4.78, 5) is 12.3. The van der Waals surface area contributed by atoms with Crippen molar-refractivity contribution in [1.82, 2.24) is 9.62 Å². The van der Waals surface area contributed by atoms with Crippen molar-refractivity contribution < 1.29 is 13.2 Å². The van der Waals surface area contributed by atoms with Gasteiger partial charge >= 0.3 is 0 Å². The van der Waals surface area contributed by atoms with Crippen LogP contribution in [-0.2, 0) is 10.0 Å². The predicted molar refractivity (Wildman–Crippen MR) is 94.2 cm³/mol. The first-order valence-electron chi connectivity index (χ1n) is 8.44. The fraction of sp³-hybridized carbons (Fsp3) is 0.588. The van der Waals surface area contributed by atoms with E-state index in [4.69, 9.17) is 5.73 Å². The Morgan fingerprint density at radius 3 is 2.42 bits per heavy atom. The monoisotopic (exact) mass is 353 g/mol. The van der Waals surface area contributed by atoms with Crippen molar-refractivity contribution in [3.63, 3.8) is 0 Å². The molecule has 1 unspecified atom stereocenters. The van der Waals surface area contributed by atoms with E-state index in [1.165, 1.54) is 16.4 Å². The van der Waals surface area contributed by atoms with Crippen LogP contribution in [0.3, 0.4) is 0 Å². The van der Waals surface area contributed by atoms with Gasteiger partial charge in [-0.05, 0) is 56.4 Å². The van der Waals surface area contributed by atoms with E-state index in [1.54, 1.807) is 12.1 Å². The van der Waals surface area contributed by atoms with Gasteiger partial charge in [-0.2, -0.15) is 4.31 Å². The first-order chi connectivity index (χ1) is 11.3. The lowest BCUT2D eigenvalue weighted by molar-refractivity contribution is 0.0952. The Kier molecular flexibility index (Phi) is 6.37. The molecule has 24 heavy (non-hydrogen) atoms. The number of hydrogen-bond acceptors (Lipinski definition) is 4. The molecule has 1 amide bonds. The zero-order valence-corrected chi connectivity index (χ0v) is 15.2. The zero-order valence-electron chi connectivity index (χ0n) is 14.4. The van der Waals surface area contributed by atoms with Gasteiger partial charge in [0.05, 0.1) is 4.90 Å². The highest BCUT2D eigenvalue weighted by Gasteiger charge is 2.28. The number of nitrogens with two attached hydrogens (primary N) is 1. The summed E-state index contributed by atoms with van der Waals surface area (Å²) in [5, 5.41) is 2.78. The van der Waals surface area contributed by atoms with Gasteiger partial charge in [0.1, 0.15) is 0 Å². The van der Waals surface area contributed by atoms with E-state index in [9.17, 15) is 13.2 Å². The van der Waals surface area contributed by atoms with E-state index < -0.39 is 10.0 Å². The van der Waals surface area contributed by atoms with Gasteiger partial charge in [0.25, 0.3) is 5.91 Å². The van der Waals surface area contributed by atoms with Gasteiger partial charge in [0.2, 0.25) is 10.0 Å². The smallest absolute Gasteiger partial charge is 0.251 e. The molecule has 0 saturated carbocycles. The summed E-state index contributed by atoms with van der Waals surface area (Å²) in [6.07, 6.45) is 2.48. The largest absolute Gasteiger partial charge is 0.352 e. The molecule has 3 N–H and O–H groups in total. The second kappa shape index (κ2) is 8.09. The number of amides is 1. The lowest BCUT2D eigenvalue weighted by Crippen LogP contribution is -2.37. The van der Waals surface area contributed by atoms with Crippen molar-refractivity contribution in [3.8, 4) is 0 Å². The number of nitrogens with zero attached hydrogens (tertiary/aromatic N) is 1. The molecule has 1 heterocycles. The number of piperidine rings is 1. The van der Waals surface area contributed by atoms with Gasteiger partial charge in [0, 0.05) is 31.2 Å². The molecular weight excluding hydrogens is 326 g/mol. The minimum atomic E-state index is -3.47. The van der Waals surface area contributed by atoms with Crippen LogP contribution in [0, 0.1) is 5.92 Å². The lowest BCUT2D eigenvalue weighted by Gasteiger charge is -2.29. The third-order valence-corrected chi connectivity index (χ3v) is 6.29. The first-order valence-corrected chi connectivity index (χ1v) is 9.88. The summed E-state index contributed by atoms with van der Waals surface area (Å²) in [6, 6.07) is 6.16. The number of sulfonamides is 1. The maximum Gasteiger partial charge on any atom is 0.251 e. The van der Waals surface area contributed by atoms with Crippen molar-refractivity contribution >= 4 is 15.9 Å². The summed E-state index contributed by atoms with van der Waals surface area (Å²) in [5.41, 5.74) is 6.09. The summed E-state index contributed by atoms with van der Waals surface area (Å²) < 4.78 is 26.8. The van der Waals surface area contributed by atoms with Crippen LogP contribution in [0.5, 0.6) is 0 Å². The van der Waals surface area contributed by atoms with Crippen LogP contribution in [0.1, 0.15) is 43.5 Å². The number of carbonyl (C=O) groups excluding carboxylic acids is 1. The molecule has 1 fully saturated rings. The number of carbonyl (C=O) groups is 1. The van der Waals surface area contributed by atoms with Gasteiger partial charge in [-0.1, -0.05) is 6.92 Å². The van der Waals surface area contributed by atoms with Crippen LogP contribution in [-0.4, -0.2) is 44.3 Å². The minimum absolute atomic E-state index is 0.0325. The van der Waals surface area contributed by atoms with Gasteiger partial charge < -0.3 is 11.1 Å². The lowest BCUT2D eigenvalue weighted by atomic mass is 10.0. The molecule has 1 aromatic carbocycles. The highest BCUT2D eigenvalue weighted by atomic mass is 32.2. The Morgan fingerprint density at radius 2 is 1.88 bits per heavy atom. The average molecular weight is 353 g/mol. The summed E-state index contributed by atoms with van der Waals surface area (Å²) in [6.45, 7) is 5.64. The van der Waals surface area contributed by atoms with Crippen molar-refractivity contribution in [3.05, 3.63) is 29.8 Å². The van der Waals surface area contributed by atoms with Crippen LogP contribution < -0.4 is 11.1 Å². The van der Waals surface area contributed by atoms with Crippen LogP contribution in [0.15, 0.2) is 29.2 Å². The summed E-state index contributed by atoms with van der Waals surface area (Å²) in [7, 11) is -3.47. The van der Waals surface area contributed by atoms with E-state index in [2.05, 4.69) is 12.2 Å². The van der Waals surface area contributed by atoms with Gasteiger partial charge in [-0.25, -0.2) is 8.42 Å². The second-order valence-electron chi connectivity index (χ2n) is 6.63. The second-order valence-corrected chi connectivity index (χ2v) is 8.57. The standard InChI is InChI=1S/C17H27N3O3S/c1-13-8-11-20(12-9-13)24(22,23)16-5-3-15(4-6-16)17(21)19-10-7-14(2)18/h3-6,13-14H,7-12,18H2,1-2H3,(H,19,21). The molecule has 1 saturated heterocycles. The van der Waals surface area contributed by atoms with Crippen LogP contribution in [0.4, 0.5) is 0 Å². The summed E-state index contributed by atoms with van der Waals surface area (Å²) >= 11 is 0. The van der Waals surface area contributed by atoms with Crippen molar-refractivity contribution in [2.45, 2.75) is 44.0 Å². The van der Waals surface area contributed by atoms with E-state index in [1.807, 2.05) is 6.92 Å². The molecular formula is C17H27N3O3S. The molecule has 2 rings (SSSR count). The highest BCUT2D eigenvalue weighted by molar-refractivity contribution is 7.89. The van der Waals surface area contributed by atoms with Crippen LogP contribution in [0.25, 0.3) is 0 Å². The maximum absolute atomic E-state index is 12.6. The molecule has 6 nitrogen and oxygen atoms in total. The number of nitrogens with one attached hydrogen (secondary N) is 1. The molecule has 1 aliphatic rings. The fourth-order valence-corrected chi connectivity index (χ4v) is 4.14. The van der Waals surface area contributed by atoms with E-state index >= 15 is 0 Å². The fourth-order valence-electron chi connectivity index (χ4n) is 2.67. The van der Waals surface area contributed by atoms with E-state index in [0.717, 1.165) is 12.8 Å². The van der Waals surface area contributed by atoms with Crippen molar-refractivity contribution in [1.29, 1.82) is 0 Å². The Balaban J connectivity index is 2.01. The van der Waals surface area contributed by atoms with Crippen LogP contribution >= 0.6 is 0 Å². The Hall–Kier alpha value is -1.44. The third kappa shape index (κ3) is 4.78. The molecule has 7 heteroatoms. The Labute approximate surface area is 144 Å². The van der Waals surface area contributed by atoms with Crippen LogP contribution in [0.2, 0.25) is 0 Å². The van der Waals surface area contributed by atoms with Crippen molar-refractivity contribution in [2.75, 3.05) is 19.6 Å². The topological polar surface area (TPSA) is 92.5 Å². The van der Waals surface area contributed by atoms with Gasteiger partial charge in [-0.15, -0.1) is 0 Å². The average Bonchev–Trinajstić information content (AvgIpc) is 2.55. The minimum Gasteiger partial charge on any atom is -0.352 e. The maximum atomic E-state index is 12.6. The molecule has 0 spiro atoms. The van der Waals surface area contributed by atoms with Gasteiger partial charge in [0.15, 0.2) is 0 Å². The third-order valence-electron chi connectivity index (χ3n) is 4.38. The predicted octanol–water partition coefficient (Wildman–Crippen LogP) is 1.57. The Morgan fingerprint density at radius 1 is 1.29 bits per heavy atom. The van der Waals surface area contributed by atoms with E-state index in [-0.39, 0.29) is 16.8 Å². The molecule has 1 aliphatic heterocycles. The zero-order chi connectivity index (χ0) is 17.7. The normalized spacial score (nSPS) is 18.3. The molecule has 0 aliphatic carbocycles. The molecule has 0 aromatic heterocycles. The quantitative estimate of drug-likeness (QED) is 0.812. The van der Waals surface area contributed by atoms with Gasteiger partial charge in [-0.3, -0.25) is 4.79 Å². The number of hydrogen-bond donors (Lipinski definition) is 2. The molecule has 134 valence electrons. The number of benzene rings is 1. The van der Waals surface area contributed by atoms with Crippen molar-refractivity contribution in [2.24, 2.45) is 11.7 Å². The molecule has 0 radical (unpaired) electrons. The summed E-state index contributed by atoms with van der Waals surface area (Å²) in [5.74, 6) is 0.352. The molecule has 0 bridgehead atoms. The molecule has 1 atom stereocenters. The number of rotatable bonds is 6. The van der Waals surface area contributed by atoms with E-state index in [0.29, 0.717) is 37.5 Å². The molecule has 1 aromatic rings.